The molecule has 0 bridgehead atoms. The van der Waals surface area contributed by atoms with Gasteiger partial charge in [0.1, 0.15) is 0 Å². The molecule has 0 aromatic heterocycles. The normalized spacial score (nSPS) is 13.5. The lowest BCUT2D eigenvalue weighted by Crippen LogP contribution is -2.32. The Hall–Kier alpha value is -3.12. The van der Waals surface area contributed by atoms with E-state index in [9.17, 15) is 9.59 Å². The zero-order valence-corrected chi connectivity index (χ0v) is 19.4. The number of amides is 2. The van der Waals surface area contributed by atoms with Crippen LogP contribution in [0.3, 0.4) is 0 Å². The summed E-state index contributed by atoms with van der Waals surface area (Å²) in [5.74, 6) is -0.370. The van der Waals surface area contributed by atoms with E-state index in [0.717, 1.165) is 41.7 Å². The fourth-order valence-corrected chi connectivity index (χ4v) is 4.39. The van der Waals surface area contributed by atoms with Crippen LogP contribution in [0.15, 0.2) is 77.3 Å². The first-order chi connectivity index (χ1) is 15.6. The lowest BCUT2D eigenvalue weighted by molar-refractivity contribution is 0.0950. The number of piperidine rings is 1. The minimum Gasteiger partial charge on any atom is -0.371 e. The van der Waals surface area contributed by atoms with Gasteiger partial charge in [-0.2, -0.15) is 0 Å². The highest BCUT2D eigenvalue weighted by Crippen LogP contribution is 2.28. The van der Waals surface area contributed by atoms with Gasteiger partial charge >= 0.3 is 0 Å². The number of nitrogens with zero attached hydrogens (tertiary/aromatic N) is 1. The van der Waals surface area contributed by atoms with Crippen LogP contribution in [0.25, 0.3) is 0 Å². The maximum absolute atomic E-state index is 13.2. The maximum Gasteiger partial charge on any atom is 0.256 e. The summed E-state index contributed by atoms with van der Waals surface area (Å²) < 4.78 is 0.725. The second-order valence-electron chi connectivity index (χ2n) is 7.88. The Morgan fingerprint density at radius 2 is 1.53 bits per heavy atom. The first-order valence-electron chi connectivity index (χ1n) is 10.9. The van der Waals surface area contributed by atoms with Gasteiger partial charge in [0.15, 0.2) is 0 Å². The molecule has 32 heavy (non-hydrogen) atoms. The van der Waals surface area contributed by atoms with Crippen LogP contribution >= 0.6 is 15.9 Å². The van der Waals surface area contributed by atoms with Crippen LogP contribution in [0.1, 0.15) is 45.5 Å². The number of carbonyl (C=O) groups is 2. The minimum absolute atomic E-state index is 0.147. The Bertz CT molecular complexity index is 1100. The zero-order chi connectivity index (χ0) is 22.3. The van der Waals surface area contributed by atoms with Gasteiger partial charge < -0.3 is 15.5 Å². The standard InChI is InChI=1S/C26H26BrN3O2/c27-23-12-6-5-11-21(23)26(32)29-20-13-14-24(30-15-7-2-8-16-30)22(17-20)25(31)28-18-19-9-3-1-4-10-19/h1,3-6,9-14,17H,2,7-8,15-16,18H2,(H,28,31)(H,29,32). The van der Waals surface area contributed by atoms with Gasteiger partial charge in [-0.25, -0.2) is 0 Å². The van der Waals surface area contributed by atoms with E-state index < -0.39 is 0 Å². The van der Waals surface area contributed by atoms with Gasteiger partial charge in [0.2, 0.25) is 0 Å². The first kappa shape index (κ1) is 22.1. The zero-order valence-electron chi connectivity index (χ0n) is 17.8. The quantitative estimate of drug-likeness (QED) is 0.470. The van der Waals surface area contributed by atoms with Crippen LogP contribution in [0.2, 0.25) is 0 Å². The molecule has 1 aliphatic rings. The van der Waals surface area contributed by atoms with Crippen molar-refractivity contribution in [2.75, 3.05) is 23.3 Å². The summed E-state index contributed by atoms with van der Waals surface area (Å²) in [5, 5.41) is 5.96. The lowest BCUT2D eigenvalue weighted by Gasteiger charge is -2.30. The monoisotopic (exact) mass is 491 g/mol. The van der Waals surface area contributed by atoms with Crippen molar-refractivity contribution < 1.29 is 9.59 Å². The average molecular weight is 492 g/mol. The van der Waals surface area contributed by atoms with Gasteiger partial charge in [0.25, 0.3) is 11.8 Å². The third kappa shape index (κ3) is 5.37. The number of halogens is 1. The molecule has 5 nitrogen and oxygen atoms in total. The summed E-state index contributed by atoms with van der Waals surface area (Å²) in [7, 11) is 0. The first-order valence-corrected chi connectivity index (χ1v) is 11.7. The maximum atomic E-state index is 13.2. The molecular weight excluding hydrogens is 466 g/mol. The molecule has 0 saturated carbocycles. The van der Waals surface area contributed by atoms with Crippen molar-refractivity contribution >= 4 is 39.1 Å². The van der Waals surface area contributed by atoms with Crippen molar-refractivity contribution in [3.63, 3.8) is 0 Å². The van der Waals surface area contributed by atoms with E-state index in [1.807, 2.05) is 60.7 Å². The van der Waals surface area contributed by atoms with Crippen molar-refractivity contribution in [1.29, 1.82) is 0 Å². The number of hydrogen-bond acceptors (Lipinski definition) is 3. The van der Waals surface area contributed by atoms with Crippen LogP contribution in [0.5, 0.6) is 0 Å². The van der Waals surface area contributed by atoms with Gasteiger partial charge in [-0.3, -0.25) is 9.59 Å². The van der Waals surface area contributed by atoms with E-state index in [0.29, 0.717) is 23.4 Å². The lowest BCUT2D eigenvalue weighted by atomic mass is 10.1. The van der Waals surface area contributed by atoms with Crippen molar-refractivity contribution in [2.24, 2.45) is 0 Å². The van der Waals surface area contributed by atoms with E-state index in [1.54, 1.807) is 12.1 Å². The number of rotatable bonds is 6. The van der Waals surface area contributed by atoms with Gasteiger partial charge in [-0.05, 0) is 71.1 Å². The van der Waals surface area contributed by atoms with E-state index in [1.165, 1.54) is 6.42 Å². The Labute approximate surface area is 197 Å². The van der Waals surface area contributed by atoms with E-state index in [2.05, 4.69) is 31.5 Å². The van der Waals surface area contributed by atoms with Crippen LogP contribution in [-0.4, -0.2) is 24.9 Å². The molecule has 164 valence electrons. The summed E-state index contributed by atoms with van der Waals surface area (Å²) in [6, 6.07) is 22.7. The van der Waals surface area contributed by atoms with Crippen molar-refractivity contribution in [2.45, 2.75) is 25.8 Å². The molecule has 1 aliphatic heterocycles. The highest BCUT2D eigenvalue weighted by Gasteiger charge is 2.20. The molecule has 6 heteroatoms. The molecule has 3 aromatic rings. The highest BCUT2D eigenvalue weighted by atomic mass is 79.9. The highest BCUT2D eigenvalue weighted by molar-refractivity contribution is 9.10. The van der Waals surface area contributed by atoms with Crippen LogP contribution < -0.4 is 15.5 Å². The van der Waals surface area contributed by atoms with Crippen LogP contribution in [-0.2, 0) is 6.54 Å². The molecule has 0 unspecified atom stereocenters. The van der Waals surface area contributed by atoms with Gasteiger partial charge in [0.05, 0.1) is 11.1 Å². The summed E-state index contributed by atoms with van der Waals surface area (Å²) in [6.07, 6.45) is 3.45. The molecule has 1 heterocycles. The van der Waals surface area contributed by atoms with Gasteiger partial charge in [0, 0.05) is 35.5 Å². The number of benzene rings is 3. The van der Waals surface area contributed by atoms with Crippen molar-refractivity contribution in [1.82, 2.24) is 5.32 Å². The summed E-state index contributed by atoms with van der Waals surface area (Å²) >= 11 is 3.42. The average Bonchev–Trinajstić information content (AvgIpc) is 2.84. The Balaban J connectivity index is 1.58. The fraction of sp³-hybridized carbons (Fsp3) is 0.231. The Kier molecular flexibility index (Phi) is 7.22. The summed E-state index contributed by atoms with van der Waals surface area (Å²) in [5.41, 5.74) is 3.67. The number of hydrogen-bond donors (Lipinski definition) is 2. The second kappa shape index (κ2) is 10.5. The van der Waals surface area contributed by atoms with Crippen molar-refractivity contribution in [3.8, 4) is 0 Å². The summed E-state index contributed by atoms with van der Waals surface area (Å²) in [6.45, 7) is 2.32. The van der Waals surface area contributed by atoms with Gasteiger partial charge in [-0.15, -0.1) is 0 Å². The molecule has 1 fully saturated rings. The molecule has 0 spiro atoms. The summed E-state index contributed by atoms with van der Waals surface area (Å²) in [4.78, 5) is 28.2. The van der Waals surface area contributed by atoms with Crippen molar-refractivity contribution in [3.05, 3.63) is 94.0 Å². The smallest absolute Gasteiger partial charge is 0.256 e. The topological polar surface area (TPSA) is 61.4 Å². The fourth-order valence-electron chi connectivity index (χ4n) is 3.92. The number of carbonyl (C=O) groups excluding carboxylic acids is 2. The molecule has 0 atom stereocenters. The molecule has 2 amide bonds. The molecular formula is C26H26BrN3O2. The third-order valence-electron chi connectivity index (χ3n) is 5.61. The molecule has 0 aliphatic carbocycles. The SMILES string of the molecule is O=C(Nc1ccc(N2CCCCC2)c(C(=O)NCc2ccccc2)c1)c1ccccc1Br. The van der Waals surface area contributed by atoms with Crippen LogP contribution in [0.4, 0.5) is 11.4 Å². The minimum atomic E-state index is -0.223. The Morgan fingerprint density at radius 3 is 2.28 bits per heavy atom. The Morgan fingerprint density at radius 1 is 0.812 bits per heavy atom. The molecule has 0 radical (unpaired) electrons. The van der Waals surface area contributed by atoms with E-state index in [4.69, 9.17) is 0 Å². The van der Waals surface area contributed by atoms with E-state index in [-0.39, 0.29) is 11.8 Å². The molecule has 2 N–H and O–H groups in total. The van der Waals surface area contributed by atoms with Crippen LogP contribution in [0, 0.1) is 0 Å². The van der Waals surface area contributed by atoms with Gasteiger partial charge in [-0.1, -0.05) is 42.5 Å². The molecule has 3 aromatic carbocycles. The third-order valence-corrected chi connectivity index (χ3v) is 6.30. The van der Waals surface area contributed by atoms with E-state index >= 15 is 0 Å². The second-order valence-corrected chi connectivity index (χ2v) is 8.74. The molecule has 4 rings (SSSR count). The number of anilines is 2. The molecule has 1 saturated heterocycles. The largest absolute Gasteiger partial charge is 0.371 e. The predicted molar refractivity (Wildman–Crippen MR) is 132 cm³/mol. The predicted octanol–water partition coefficient (Wildman–Crippen LogP) is 5.62. The number of nitrogens with one attached hydrogen (secondary N) is 2.